The van der Waals surface area contributed by atoms with Gasteiger partial charge < -0.3 is 25.0 Å². The molecule has 1 aromatic carbocycles. The van der Waals surface area contributed by atoms with Crippen LogP contribution < -0.4 is 14.2 Å². The third-order valence-corrected chi connectivity index (χ3v) is 8.37. The molecule has 10 nitrogen and oxygen atoms in total. The minimum Gasteiger partial charge on any atom is -0.494 e. The lowest BCUT2D eigenvalue weighted by Gasteiger charge is -2.29. The summed E-state index contributed by atoms with van der Waals surface area (Å²) in [5, 5.41) is 30.9. The van der Waals surface area contributed by atoms with Crippen LogP contribution in [0.1, 0.15) is 43.2 Å². The van der Waals surface area contributed by atoms with Crippen molar-refractivity contribution >= 4 is 17.6 Å². The Bertz CT molecular complexity index is 1390. The maximum atomic E-state index is 13.9. The minimum absolute atomic E-state index is 0.0605. The van der Waals surface area contributed by atoms with Crippen LogP contribution in [0.5, 0.6) is 17.5 Å². The van der Waals surface area contributed by atoms with Crippen molar-refractivity contribution in [3.8, 4) is 17.5 Å². The van der Waals surface area contributed by atoms with Crippen molar-refractivity contribution in [2.75, 3.05) is 31.1 Å². The highest BCUT2D eigenvalue weighted by Gasteiger charge is 2.47. The summed E-state index contributed by atoms with van der Waals surface area (Å²) < 4.78 is 8.93. The van der Waals surface area contributed by atoms with E-state index in [0.717, 1.165) is 41.8 Å². The summed E-state index contributed by atoms with van der Waals surface area (Å²) >= 11 is 0. The fraction of sp³-hybridized carbons (Fsp3) is 0.452. The second-order valence-electron chi connectivity index (χ2n) is 11.0. The average molecular weight is 564 g/mol. The Morgan fingerprint density at radius 2 is 1.93 bits per heavy atom. The van der Waals surface area contributed by atoms with Crippen LogP contribution in [-0.2, 0) is 29.6 Å². The third kappa shape index (κ3) is 6.02. The number of aliphatic carboxylic acids is 1. The predicted octanol–water partition coefficient (Wildman–Crippen LogP) is 3.05. The number of aromatic hydroxyl groups is 2. The monoisotopic (exact) mass is 563 g/mol. The van der Waals surface area contributed by atoms with Gasteiger partial charge in [-0.2, -0.15) is 0 Å². The topological polar surface area (TPSA) is 119 Å². The number of hydrogen-bond donors (Lipinski definition) is 3. The lowest BCUT2D eigenvalue weighted by Crippen LogP contribution is -2.45. The van der Waals surface area contributed by atoms with Crippen LogP contribution >= 0.6 is 0 Å². The molecule has 2 aliphatic heterocycles. The molecule has 0 aliphatic carbocycles. The quantitative estimate of drug-likeness (QED) is 0.307. The van der Waals surface area contributed by atoms with E-state index in [0.29, 0.717) is 26.1 Å². The number of anilines is 1. The van der Waals surface area contributed by atoms with Gasteiger partial charge in [-0.25, -0.2) is 4.57 Å². The van der Waals surface area contributed by atoms with Crippen molar-refractivity contribution in [1.82, 2.24) is 9.47 Å². The van der Waals surface area contributed by atoms with Crippen molar-refractivity contribution in [2.45, 2.75) is 51.1 Å². The van der Waals surface area contributed by atoms with Gasteiger partial charge in [0.2, 0.25) is 5.91 Å². The molecule has 41 heavy (non-hydrogen) atoms. The summed E-state index contributed by atoms with van der Waals surface area (Å²) in [6.45, 7) is 3.94. The summed E-state index contributed by atoms with van der Waals surface area (Å²) in [5.41, 5.74) is 2.80. The normalized spacial score (nSPS) is 20.1. The fourth-order valence-electron chi connectivity index (χ4n) is 6.27. The number of unbranched alkanes of at least 4 members (excludes halogenated alkanes) is 1. The van der Waals surface area contributed by atoms with Crippen molar-refractivity contribution in [3.63, 3.8) is 0 Å². The summed E-state index contributed by atoms with van der Waals surface area (Å²) in [5.74, 6) is -1.47. The number of carbonyl (C=O) groups is 2. The van der Waals surface area contributed by atoms with E-state index < -0.39 is 17.9 Å². The van der Waals surface area contributed by atoms with Crippen LogP contribution in [0.15, 0.2) is 54.9 Å². The number of amides is 1. The van der Waals surface area contributed by atoms with E-state index in [9.17, 15) is 24.9 Å². The zero-order chi connectivity index (χ0) is 29.1. The van der Waals surface area contributed by atoms with E-state index >= 15 is 0 Å². The number of hydrogen-bond acceptors (Lipinski definition) is 6. The second-order valence-corrected chi connectivity index (χ2v) is 11.0. The number of carboxylic acids is 1. The Morgan fingerprint density at radius 3 is 2.63 bits per heavy atom. The Labute approximate surface area is 240 Å². The second kappa shape index (κ2) is 12.2. The van der Waals surface area contributed by atoms with Gasteiger partial charge in [0.05, 0.1) is 19.1 Å². The molecule has 1 amide bonds. The van der Waals surface area contributed by atoms with E-state index in [2.05, 4.69) is 6.92 Å². The first-order valence-corrected chi connectivity index (χ1v) is 14.3. The molecule has 2 aliphatic rings. The predicted molar refractivity (Wildman–Crippen MR) is 152 cm³/mol. The smallest absolute Gasteiger partial charge is 0.308 e. The minimum atomic E-state index is -0.925. The van der Waals surface area contributed by atoms with Gasteiger partial charge in [0.1, 0.15) is 18.5 Å². The van der Waals surface area contributed by atoms with Gasteiger partial charge in [-0.3, -0.25) is 19.1 Å². The molecule has 0 radical (unpaired) electrons. The van der Waals surface area contributed by atoms with Crippen LogP contribution in [0.25, 0.3) is 0 Å². The molecule has 4 heterocycles. The number of likely N-dealkylation sites (tertiary alicyclic amines) is 1. The van der Waals surface area contributed by atoms with E-state index in [-0.39, 0.29) is 36.7 Å². The van der Waals surface area contributed by atoms with Gasteiger partial charge in [-0.15, -0.1) is 0 Å². The number of fused-ring (bicyclic) bond motifs is 1. The molecule has 5 rings (SSSR count). The molecule has 3 N–H and O–H groups in total. The average Bonchev–Trinajstić information content (AvgIpc) is 3.64. The van der Waals surface area contributed by atoms with Crippen molar-refractivity contribution in [3.05, 3.63) is 66.0 Å². The number of pyridine rings is 1. The molecule has 0 unspecified atom stereocenters. The van der Waals surface area contributed by atoms with Gasteiger partial charge >= 0.3 is 5.97 Å². The molecule has 1 fully saturated rings. The maximum absolute atomic E-state index is 13.9. The molecule has 0 saturated carbocycles. The Morgan fingerprint density at radius 1 is 1.15 bits per heavy atom. The first kappa shape index (κ1) is 28.5. The summed E-state index contributed by atoms with van der Waals surface area (Å²) in [4.78, 5) is 30.5. The third-order valence-electron chi connectivity index (χ3n) is 8.37. The van der Waals surface area contributed by atoms with E-state index in [1.165, 1.54) is 16.7 Å². The largest absolute Gasteiger partial charge is 0.494 e. The standard InChI is InChI=1S/C31H38N4O6/c1-3-4-14-34(23-6-5-13-32(2)18-23)29(38)20-33-19-24(21-7-8-26-22(17-21)12-16-41-26)30(31(39)40)25(33)11-15-35-27(36)9-10-28(35)37/h5-10,13,17-18,24-25,30H,3-4,11-12,14-16,19-20H2,1-2H3,(H2-,36,37,39,40)/p+1/t24-,25+,30-/m1/s1. The van der Waals surface area contributed by atoms with Crippen LogP contribution in [-0.4, -0.2) is 68.9 Å². The van der Waals surface area contributed by atoms with Gasteiger partial charge in [-0.05, 0) is 36.1 Å². The molecule has 0 spiro atoms. The summed E-state index contributed by atoms with van der Waals surface area (Å²) in [6.07, 6.45) is 6.73. The van der Waals surface area contributed by atoms with Crippen LogP contribution in [0.4, 0.5) is 5.69 Å². The first-order valence-electron chi connectivity index (χ1n) is 14.3. The first-order chi connectivity index (χ1) is 19.8. The zero-order valence-corrected chi connectivity index (χ0v) is 23.6. The Hall–Kier alpha value is -4.05. The molecule has 0 bridgehead atoms. The molecule has 2 aromatic heterocycles. The highest BCUT2D eigenvalue weighted by molar-refractivity contribution is 5.94. The zero-order valence-electron chi connectivity index (χ0n) is 23.6. The number of rotatable bonds is 11. The van der Waals surface area contributed by atoms with E-state index in [1.807, 2.05) is 59.2 Å². The van der Waals surface area contributed by atoms with Crippen molar-refractivity contribution < 1.29 is 34.2 Å². The lowest BCUT2D eigenvalue weighted by molar-refractivity contribution is -0.670. The number of nitrogens with zero attached hydrogens (tertiary/aromatic N) is 4. The van der Waals surface area contributed by atoms with E-state index in [4.69, 9.17) is 4.74 Å². The number of carbonyl (C=O) groups excluding carboxylic acids is 1. The summed E-state index contributed by atoms with van der Waals surface area (Å²) in [6, 6.07) is 12.0. The lowest BCUT2D eigenvalue weighted by atomic mass is 9.83. The van der Waals surface area contributed by atoms with Gasteiger partial charge in [0.25, 0.3) is 0 Å². The SMILES string of the molecule is CCCCN(C(=O)CN1C[C@H](c2ccc3c(c2)CCO3)[C@@H](C(=O)O)[C@@H]1CCn1c(O)ccc1O)c1ccc[n+](C)c1. The molecule has 3 aromatic rings. The maximum Gasteiger partial charge on any atom is 0.308 e. The van der Waals surface area contributed by atoms with Crippen LogP contribution in [0.3, 0.4) is 0 Å². The number of ether oxygens (including phenoxy) is 1. The molecule has 10 heteroatoms. The Balaban J connectivity index is 1.46. The Kier molecular flexibility index (Phi) is 8.49. The molecular weight excluding hydrogens is 524 g/mol. The van der Waals surface area contributed by atoms with Gasteiger partial charge in [0.15, 0.2) is 24.2 Å². The molecule has 218 valence electrons. The van der Waals surface area contributed by atoms with Crippen LogP contribution in [0, 0.1) is 5.92 Å². The molecular formula is C31H39N4O6+. The molecule has 3 atom stereocenters. The summed E-state index contributed by atoms with van der Waals surface area (Å²) in [7, 11) is 1.91. The highest BCUT2D eigenvalue weighted by atomic mass is 16.5. The van der Waals surface area contributed by atoms with Crippen molar-refractivity contribution in [1.29, 1.82) is 0 Å². The highest BCUT2D eigenvalue weighted by Crippen LogP contribution is 2.41. The molecule has 1 saturated heterocycles. The van der Waals surface area contributed by atoms with Gasteiger partial charge in [0, 0.05) is 56.2 Å². The van der Waals surface area contributed by atoms with Crippen molar-refractivity contribution in [2.24, 2.45) is 13.0 Å². The number of aryl methyl sites for hydroxylation is 1. The number of benzene rings is 1. The number of carboxylic acid groups (broad SMARTS) is 1. The number of aromatic nitrogens is 2. The van der Waals surface area contributed by atoms with Gasteiger partial charge in [-0.1, -0.05) is 25.5 Å². The fourth-order valence-corrected chi connectivity index (χ4v) is 6.27. The van der Waals surface area contributed by atoms with Crippen LogP contribution in [0.2, 0.25) is 0 Å². The van der Waals surface area contributed by atoms with E-state index in [1.54, 1.807) is 4.90 Å².